The van der Waals surface area contributed by atoms with Crippen LogP contribution in [-0.4, -0.2) is 21.4 Å². The Hall–Kier alpha value is -2.21. The molecule has 0 fully saturated rings. The van der Waals surface area contributed by atoms with Crippen molar-refractivity contribution in [2.24, 2.45) is 12.1 Å². The van der Waals surface area contributed by atoms with E-state index in [1.807, 2.05) is 0 Å². The van der Waals surface area contributed by atoms with Crippen LogP contribution in [0.5, 0.6) is 0 Å². The molecule has 0 saturated carbocycles. The number of hydrazone groups is 1. The van der Waals surface area contributed by atoms with Crippen LogP contribution in [0.3, 0.4) is 0 Å². The second-order valence-electron chi connectivity index (χ2n) is 4.14. The lowest BCUT2D eigenvalue weighted by Gasteiger charge is -2.01. The molecule has 0 aliphatic heterocycles. The minimum Gasteiger partial charge on any atom is -0.273 e. The van der Waals surface area contributed by atoms with Crippen LogP contribution in [0.2, 0.25) is 5.02 Å². The van der Waals surface area contributed by atoms with Gasteiger partial charge in [0.1, 0.15) is 5.82 Å². The monoisotopic (exact) mass is 294 g/mol. The molecule has 0 spiro atoms. The van der Waals surface area contributed by atoms with Crippen molar-refractivity contribution in [3.63, 3.8) is 0 Å². The molecule has 7 heteroatoms. The van der Waals surface area contributed by atoms with E-state index in [2.05, 4.69) is 15.6 Å². The molecule has 5 nitrogen and oxygen atoms in total. The van der Waals surface area contributed by atoms with Gasteiger partial charge in [-0.1, -0.05) is 23.7 Å². The minimum absolute atomic E-state index is 0.102. The molecule has 1 N–H and O–H groups in total. The van der Waals surface area contributed by atoms with Crippen LogP contribution >= 0.6 is 11.6 Å². The zero-order valence-electron chi connectivity index (χ0n) is 10.9. The summed E-state index contributed by atoms with van der Waals surface area (Å²) in [5.41, 5.74) is 3.72. The summed E-state index contributed by atoms with van der Waals surface area (Å²) in [6, 6.07) is 5.81. The fraction of sp³-hybridized carbons (Fsp3) is 0.154. The molecule has 1 aromatic heterocycles. The summed E-state index contributed by atoms with van der Waals surface area (Å²) in [6.45, 7) is 1.70. The third-order valence-electron chi connectivity index (χ3n) is 2.59. The number of benzene rings is 1. The molecule has 0 bridgehead atoms. The highest BCUT2D eigenvalue weighted by Crippen LogP contribution is 2.12. The second-order valence-corrected chi connectivity index (χ2v) is 4.55. The van der Waals surface area contributed by atoms with Crippen molar-refractivity contribution >= 4 is 23.2 Å². The van der Waals surface area contributed by atoms with E-state index in [4.69, 9.17) is 11.6 Å². The molecule has 2 rings (SSSR count). The topological polar surface area (TPSA) is 59.3 Å². The molecular weight excluding hydrogens is 283 g/mol. The van der Waals surface area contributed by atoms with Crippen molar-refractivity contribution in [2.45, 2.75) is 6.92 Å². The van der Waals surface area contributed by atoms with Gasteiger partial charge >= 0.3 is 0 Å². The van der Waals surface area contributed by atoms with E-state index in [-0.39, 0.29) is 16.5 Å². The molecule has 1 heterocycles. The number of carbonyl (C=O) groups is 1. The number of amides is 1. The van der Waals surface area contributed by atoms with Crippen molar-refractivity contribution < 1.29 is 9.18 Å². The average Bonchev–Trinajstić information content (AvgIpc) is 2.75. The number of nitrogens with one attached hydrogen (secondary N) is 1. The first kappa shape index (κ1) is 14.2. The summed E-state index contributed by atoms with van der Waals surface area (Å²) in [7, 11) is 1.66. The Labute approximate surface area is 120 Å². The Morgan fingerprint density at radius 3 is 2.60 bits per heavy atom. The molecule has 0 saturated heterocycles. The summed E-state index contributed by atoms with van der Waals surface area (Å²) in [5, 5.41) is 8.11. The van der Waals surface area contributed by atoms with Gasteiger partial charge in [0, 0.05) is 13.2 Å². The van der Waals surface area contributed by atoms with Crippen LogP contribution in [0.4, 0.5) is 4.39 Å². The molecule has 0 unspecified atom stereocenters. The molecule has 1 amide bonds. The van der Waals surface area contributed by atoms with Crippen molar-refractivity contribution in [1.29, 1.82) is 0 Å². The van der Waals surface area contributed by atoms with Gasteiger partial charge in [-0.2, -0.15) is 10.2 Å². The van der Waals surface area contributed by atoms with Crippen molar-refractivity contribution in [3.8, 4) is 0 Å². The third-order valence-corrected chi connectivity index (χ3v) is 2.86. The molecule has 20 heavy (non-hydrogen) atoms. The first-order valence-electron chi connectivity index (χ1n) is 5.77. The van der Waals surface area contributed by atoms with E-state index in [9.17, 15) is 9.18 Å². The van der Waals surface area contributed by atoms with Gasteiger partial charge in [-0.05, 0) is 24.6 Å². The SMILES string of the molecule is CC(=NNC(=O)c1nn(C)cc1Cl)c1ccc(F)cc1. The summed E-state index contributed by atoms with van der Waals surface area (Å²) in [4.78, 5) is 11.8. The fourth-order valence-corrected chi connectivity index (χ4v) is 1.82. The Kier molecular flexibility index (Phi) is 4.14. The fourth-order valence-electron chi connectivity index (χ4n) is 1.56. The quantitative estimate of drug-likeness (QED) is 0.698. The van der Waals surface area contributed by atoms with Crippen LogP contribution in [0.25, 0.3) is 0 Å². The van der Waals surface area contributed by atoms with Crippen LogP contribution in [-0.2, 0) is 7.05 Å². The molecular formula is C13H12ClFN4O. The highest BCUT2D eigenvalue weighted by molar-refractivity contribution is 6.33. The number of hydrogen-bond acceptors (Lipinski definition) is 3. The van der Waals surface area contributed by atoms with Gasteiger partial charge in [0.05, 0.1) is 10.7 Å². The third kappa shape index (κ3) is 3.21. The normalized spacial score (nSPS) is 11.5. The average molecular weight is 295 g/mol. The number of aromatic nitrogens is 2. The second kappa shape index (κ2) is 5.83. The highest BCUT2D eigenvalue weighted by Gasteiger charge is 2.14. The van der Waals surface area contributed by atoms with Crippen LogP contribution in [0.1, 0.15) is 23.0 Å². The summed E-state index contributed by atoms with van der Waals surface area (Å²) < 4.78 is 14.2. The van der Waals surface area contributed by atoms with Gasteiger partial charge < -0.3 is 0 Å². The summed E-state index contributed by atoms with van der Waals surface area (Å²) in [5.74, 6) is -0.831. The van der Waals surface area contributed by atoms with Crippen LogP contribution in [0.15, 0.2) is 35.6 Å². The van der Waals surface area contributed by atoms with Crippen molar-refractivity contribution in [3.05, 3.63) is 52.6 Å². The van der Waals surface area contributed by atoms with Gasteiger partial charge in [0.25, 0.3) is 5.91 Å². The van der Waals surface area contributed by atoms with Crippen LogP contribution in [0, 0.1) is 5.82 Å². The number of halogens is 2. The number of hydrogen-bond donors (Lipinski definition) is 1. The predicted octanol–water partition coefficient (Wildman–Crippen LogP) is 2.37. The smallest absolute Gasteiger partial charge is 0.273 e. The molecule has 1 aromatic carbocycles. The standard InChI is InChI=1S/C13H12ClFN4O/c1-8(9-3-5-10(15)6-4-9)16-17-13(20)12-11(14)7-19(2)18-12/h3-7H,1-2H3,(H,17,20). The molecule has 0 aliphatic carbocycles. The van der Waals surface area contributed by atoms with Gasteiger partial charge in [-0.25, -0.2) is 9.82 Å². The van der Waals surface area contributed by atoms with Crippen molar-refractivity contribution in [1.82, 2.24) is 15.2 Å². The van der Waals surface area contributed by atoms with Gasteiger partial charge in [0.2, 0.25) is 0 Å². The lowest BCUT2D eigenvalue weighted by molar-refractivity contribution is 0.0949. The lowest BCUT2D eigenvalue weighted by atomic mass is 10.1. The summed E-state index contributed by atoms with van der Waals surface area (Å²) >= 11 is 5.86. The summed E-state index contributed by atoms with van der Waals surface area (Å²) in [6.07, 6.45) is 1.52. The van der Waals surface area contributed by atoms with E-state index < -0.39 is 5.91 Å². The highest BCUT2D eigenvalue weighted by atomic mass is 35.5. The largest absolute Gasteiger partial charge is 0.293 e. The molecule has 0 atom stereocenters. The van der Waals surface area contributed by atoms with E-state index >= 15 is 0 Å². The number of aryl methyl sites for hydroxylation is 1. The zero-order valence-corrected chi connectivity index (χ0v) is 11.6. The van der Waals surface area contributed by atoms with E-state index in [0.29, 0.717) is 11.3 Å². The van der Waals surface area contributed by atoms with Gasteiger partial charge in [0.15, 0.2) is 5.69 Å². The van der Waals surface area contributed by atoms with Gasteiger partial charge in [-0.15, -0.1) is 0 Å². The first-order valence-corrected chi connectivity index (χ1v) is 6.15. The zero-order chi connectivity index (χ0) is 14.7. The van der Waals surface area contributed by atoms with Gasteiger partial charge in [-0.3, -0.25) is 9.48 Å². The predicted molar refractivity (Wildman–Crippen MR) is 74.3 cm³/mol. The maximum Gasteiger partial charge on any atom is 0.293 e. The number of nitrogens with zero attached hydrogens (tertiary/aromatic N) is 3. The number of rotatable bonds is 3. The van der Waals surface area contributed by atoms with E-state index in [1.165, 1.54) is 23.0 Å². The maximum absolute atomic E-state index is 12.8. The Morgan fingerprint density at radius 1 is 1.40 bits per heavy atom. The molecule has 104 valence electrons. The first-order chi connectivity index (χ1) is 9.47. The Balaban J connectivity index is 2.10. The molecule has 0 aliphatic rings. The van der Waals surface area contributed by atoms with Crippen molar-refractivity contribution in [2.75, 3.05) is 0 Å². The number of carbonyl (C=O) groups excluding carboxylic acids is 1. The Bertz CT molecular complexity index is 664. The lowest BCUT2D eigenvalue weighted by Crippen LogP contribution is -2.20. The molecule has 0 radical (unpaired) electrons. The Morgan fingerprint density at radius 2 is 2.05 bits per heavy atom. The van der Waals surface area contributed by atoms with E-state index in [1.54, 1.807) is 26.1 Å². The minimum atomic E-state index is -0.503. The van der Waals surface area contributed by atoms with E-state index in [0.717, 1.165) is 0 Å². The molecule has 2 aromatic rings. The maximum atomic E-state index is 12.8. The van der Waals surface area contributed by atoms with Crippen LogP contribution < -0.4 is 5.43 Å².